The van der Waals surface area contributed by atoms with Crippen LogP contribution >= 0.6 is 11.6 Å². The lowest BCUT2D eigenvalue weighted by atomic mass is 10.2. The van der Waals surface area contributed by atoms with E-state index in [9.17, 15) is 4.39 Å². The van der Waals surface area contributed by atoms with Gasteiger partial charge < -0.3 is 10.6 Å². The Morgan fingerprint density at radius 3 is 2.46 bits per heavy atom. The number of aryl methyl sites for hydroxylation is 1. The zero-order chi connectivity index (χ0) is 17.1. The van der Waals surface area contributed by atoms with E-state index in [0.29, 0.717) is 22.5 Å². The Balaban J connectivity index is 1.89. The van der Waals surface area contributed by atoms with Crippen molar-refractivity contribution in [1.82, 2.24) is 9.97 Å². The molecule has 122 valence electrons. The number of hydrogen-bond donors (Lipinski definition) is 2. The van der Waals surface area contributed by atoms with Crippen molar-refractivity contribution in [2.24, 2.45) is 0 Å². The van der Waals surface area contributed by atoms with E-state index in [1.54, 1.807) is 18.2 Å². The van der Waals surface area contributed by atoms with Crippen molar-refractivity contribution in [2.75, 3.05) is 10.6 Å². The molecule has 6 heteroatoms. The van der Waals surface area contributed by atoms with Crippen LogP contribution in [-0.2, 0) is 0 Å². The van der Waals surface area contributed by atoms with Gasteiger partial charge in [-0.15, -0.1) is 0 Å². The van der Waals surface area contributed by atoms with E-state index < -0.39 is 0 Å². The highest BCUT2D eigenvalue weighted by Crippen LogP contribution is 2.26. The first-order valence-corrected chi connectivity index (χ1v) is 7.80. The van der Waals surface area contributed by atoms with Gasteiger partial charge in [0.1, 0.15) is 11.6 Å². The fourth-order valence-electron chi connectivity index (χ4n) is 2.25. The van der Waals surface area contributed by atoms with E-state index in [0.717, 1.165) is 16.9 Å². The van der Waals surface area contributed by atoms with E-state index >= 15 is 0 Å². The predicted molar refractivity (Wildman–Crippen MR) is 95.9 cm³/mol. The standard InChI is InChI=1S/C18H16ClFN4/c1-11-10-17(22-15-9-5-6-13(19)12(15)2)24-18(21-11)23-16-8-4-3-7-14(16)20/h3-10H,1-2H3,(H2,21,22,23,24). The lowest BCUT2D eigenvalue weighted by Crippen LogP contribution is -2.04. The maximum atomic E-state index is 13.8. The Kier molecular flexibility index (Phi) is 4.62. The minimum Gasteiger partial charge on any atom is -0.340 e. The molecule has 0 saturated carbocycles. The fourth-order valence-corrected chi connectivity index (χ4v) is 2.43. The molecule has 0 aliphatic carbocycles. The number of hydrogen-bond acceptors (Lipinski definition) is 4. The number of rotatable bonds is 4. The van der Waals surface area contributed by atoms with E-state index in [-0.39, 0.29) is 5.82 Å². The van der Waals surface area contributed by atoms with Crippen molar-refractivity contribution in [1.29, 1.82) is 0 Å². The molecule has 0 radical (unpaired) electrons. The second-order valence-corrected chi connectivity index (χ2v) is 5.77. The number of nitrogens with one attached hydrogen (secondary N) is 2. The molecule has 24 heavy (non-hydrogen) atoms. The van der Waals surface area contributed by atoms with Gasteiger partial charge in [-0.05, 0) is 43.7 Å². The molecule has 0 spiro atoms. The summed E-state index contributed by atoms with van der Waals surface area (Å²) in [5.74, 6) is 0.566. The van der Waals surface area contributed by atoms with Crippen LogP contribution in [0.5, 0.6) is 0 Å². The Bertz CT molecular complexity index is 883. The number of halogens is 2. The molecule has 0 unspecified atom stereocenters. The summed E-state index contributed by atoms with van der Waals surface area (Å²) in [6.45, 7) is 3.78. The van der Waals surface area contributed by atoms with Gasteiger partial charge in [-0.1, -0.05) is 29.8 Å². The topological polar surface area (TPSA) is 49.8 Å². The Hall–Kier alpha value is -2.66. The van der Waals surface area contributed by atoms with Crippen LogP contribution in [0.1, 0.15) is 11.3 Å². The van der Waals surface area contributed by atoms with Crippen LogP contribution in [0, 0.1) is 19.7 Å². The highest BCUT2D eigenvalue weighted by atomic mass is 35.5. The van der Waals surface area contributed by atoms with Crippen LogP contribution in [0.4, 0.5) is 27.5 Å². The first-order chi connectivity index (χ1) is 11.5. The van der Waals surface area contributed by atoms with Crippen molar-refractivity contribution in [3.8, 4) is 0 Å². The summed E-state index contributed by atoms with van der Waals surface area (Å²) in [5, 5.41) is 6.80. The first-order valence-electron chi connectivity index (χ1n) is 7.42. The minimum atomic E-state index is -0.359. The number of benzene rings is 2. The van der Waals surface area contributed by atoms with Gasteiger partial charge in [-0.2, -0.15) is 4.98 Å². The van der Waals surface area contributed by atoms with Gasteiger partial charge in [0.05, 0.1) is 5.69 Å². The van der Waals surface area contributed by atoms with E-state index in [4.69, 9.17) is 11.6 Å². The molecule has 0 saturated heterocycles. The van der Waals surface area contributed by atoms with Gasteiger partial charge in [0.25, 0.3) is 0 Å². The van der Waals surface area contributed by atoms with E-state index in [1.165, 1.54) is 6.07 Å². The number of para-hydroxylation sites is 1. The van der Waals surface area contributed by atoms with Crippen molar-refractivity contribution in [3.05, 3.63) is 70.6 Å². The third-order valence-electron chi connectivity index (χ3n) is 3.50. The molecule has 0 amide bonds. The molecule has 4 nitrogen and oxygen atoms in total. The molecule has 1 heterocycles. The number of nitrogens with zero attached hydrogens (tertiary/aromatic N) is 2. The van der Waals surface area contributed by atoms with Crippen LogP contribution < -0.4 is 10.6 Å². The second-order valence-electron chi connectivity index (χ2n) is 5.36. The van der Waals surface area contributed by atoms with Crippen molar-refractivity contribution >= 4 is 34.7 Å². The number of aromatic nitrogens is 2. The summed E-state index contributed by atoms with van der Waals surface area (Å²) in [6.07, 6.45) is 0. The lowest BCUT2D eigenvalue weighted by Gasteiger charge is -2.12. The fraction of sp³-hybridized carbons (Fsp3) is 0.111. The normalized spacial score (nSPS) is 10.5. The summed E-state index contributed by atoms with van der Waals surface area (Å²) >= 11 is 6.14. The smallest absolute Gasteiger partial charge is 0.229 e. The van der Waals surface area contributed by atoms with Crippen molar-refractivity contribution in [3.63, 3.8) is 0 Å². The molecular weight excluding hydrogens is 327 g/mol. The summed E-state index contributed by atoms with van der Waals surface area (Å²) < 4.78 is 13.8. The Morgan fingerprint density at radius 2 is 1.67 bits per heavy atom. The third kappa shape index (κ3) is 3.63. The Labute approximate surface area is 144 Å². The van der Waals surface area contributed by atoms with Crippen LogP contribution in [0.3, 0.4) is 0 Å². The average Bonchev–Trinajstić information content (AvgIpc) is 2.54. The Morgan fingerprint density at radius 1 is 0.917 bits per heavy atom. The molecular formula is C18H16ClFN4. The quantitative estimate of drug-likeness (QED) is 0.669. The van der Waals surface area contributed by atoms with Crippen molar-refractivity contribution in [2.45, 2.75) is 13.8 Å². The van der Waals surface area contributed by atoms with Gasteiger partial charge in [-0.3, -0.25) is 0 Å². The third-order valence-corrected chi connectivity index (χ3v) is 3.91. The SMILES string of the molecule is Cc1cc(Nc2cccc(Cl)c2C)nc(Nc2ccccc2F)n1. The zero-order valence-electron chi connectivity index (χ0n) is 13.3. The molecule has 0 aliphatic heterocycles. The molecule has 0 atom stereocenters. The molecule has 0 fully saturated rings. The largest absolute Gasteiger partial charge is 0.340 e. The molecule has 0 bridgehead atoms. The van der Waals surface area contributed by atoms with Gasteiger partial charge in [0.15, 0.2) is 0 Å². The monoisotopic (exact) mass is 342 g/mol. The summed E-state index contributed by atoms with van der Waals surface area (Å²) in [4.78, 5) is 8.69. The maximum absolute atomic E-state index is 13.8. The van der Waals surface area contributed by atoms with Crippen LogP contribution in [-0.4, -0.2) is 9.97 Å². The summed E-state index contributed by atoms with van der Waals surface area (Å²) in [6, 6.07) is 13.8. The van der Waals surface area contributed by atoms with Gasteiger partial charge in [0, 0.05) is 22.5 Å². The molecule has 2 N–H and O–H groups in total. The predicted octanol–water partition coefficient (Wildman–Crippen LogP) is 5.37. The van der Waals surface area contributed by atoms with Gasteiger partial charge in [0.2, 0.25) is 5.95 Å². The highest BCUT2D eigenvalue weighted by molar-refractivity contribution is 6.31. The number of anilines is 4. The minimum absolute atomic E-state index is 0.322. The van der Waals surface area contributed by atoms with Crippen LogP contribution in [0.15, 0.2) is 48.5 Å². The molecule has 0 aliphatic rings. The zero-order valence-corrected chi connectivity index (χ0v) is 14.0. The van der Waals surface area contributed by atoms with Gasteiger partial charge in [-0.25, -0.2) is 9.37 Å². The van der Waals surface area contributed by atoms with Crippen LogP contribution in [0.25, 0.3) is 0 Å². The van der Waals surface area contributed by atoms with E-state index in [2.05, 4.69) is 20.6 Å². The van der Waals surface area contributed by atoms with Crippen molar-refractivity contribution < 1.29 is 4.39 Å². The summed E-state index contributed by atoms with van der Waals surface area (Å²) in [7, 11) is 0. The van der Waals surface area contributed by atoms with Gasteiger partial charge >= 0.3 is 0 Å². The van der Waals surface area contributed by atoms with Crippen LogP contribution in [0.2, 0.25) is 5.02 Å². The molecule has 3 aromatic rings. The second kappa shape index (κ2) is 6.84. The maximum Gasteiger partial charge on any atom is 0.229 e. The lowest BCUT2D eigenvalue weighted by molar-refractivity contribution is 0.631. The molecule has 3 rings (SSSR count). The summed E-state index contributed by atoms with van der Waals surface area (Å²) in [5.41, 5.74) is 2.87. The first kappa shape index (κ1) is 16.2. The average molecular weight is 343 g/mol. The molecule has 1 aromatic heterocycles. The van der Waals surface area contributed by atoms with E-state index in [1.807, 2.05) is 38.1 Å². The molecule has 2 aromatic carbocycles. The highest BCUT2D eigenvalue weighted by Gasteiger charge is 2.08.